The molecule has 0 spiro atoms. The van der Waals surface area contributed by atoms with Crippen molar-refractivity contribution in [3.05, 3.63) is 34.4 Å². The first-order chi connectivity index (χ1) is 6.22. The fraction of sp³-hybridized carbons (Fsp3) is 0.400. The summed E-state index contributed by atoms with van der Waals surface area (Å²) in [5.41, 5.74) is -0.401. The van der Waals surface area contributed by atoms with Crippen LogP contribution in [0, 0.1) is 0 Å². The lowest BCUT2D eigenvalue weighted by Crippen LogP contribution is -2.05. The second-order valence-corrected chi connectivity index (χ2v) is 2.88. The molecule has 0 aromatic carbocycles. The van der Waals surface area contributed by atoms with Crippen LogP contribution in [-0.4, -0.2) is 5.78 Å². The molecule has 0 atom stereocenters. The Kier molecular flexibility index (Phi) is 3.43. The first-order valence-electron chi connectivity index (χ1n) is 4.33. The standard InChI is InChI=1S/C10H12O3/c1-2-4-8(11)7-9-5-3-6-10(12)13-9/h3,5-6H,2,4,7H2,1H3. The summed E-state index contributed by atoms with van der Waals surface area (Å²) in [7, 11) is 0. The molecule has 0 bridgehead atoms. The highest BCUT2D eigenvalue weighted by Gasteiger charge is 2.03. The molecule has 0 aliphatic rings. The monoisotopic (exact) mass is 180 g/mol. The van der Waals surface area contributed by atoms with Crippen LogP contribution in [0.15, 0.2) is 27.4 Å². The van der Waals surface area contributed by atoms with Gasteiger partial charge >= 0.3 is 5.63 Å². The van der Waals surface area contributed by atoms with Crippen molar-refractivity contribution in [2.45, 2.75) is 26.2 Å². The third-order valence-electron chi connectivity index (χ3n) is 1.65. The molecule has 70 valence electrons. The van der Waals surface area contributed by atoms with Crippen LogP contribution in [0.1, 0.15) is 25.5 Å². The van der Waals surface area contributed by atoms with Crippen LogP contribution < -0.4 is 5.63 Å². The minimum absolute atomic E-state index is 0.108. The van der Waals surface area contributed by atoms with E-state index in [9.17, 15) is 9.59 Å². The van der Waals surface area contributed by atoms with Gasteiger partial charge in [-0.05, 0) is 12.5 Å². The average molecular weight is 180 g/mol. The van der Waals surface area contributed by atoms with Gasteiger partial charge in [0.15, 0.2) is 0 Å². The summed E-state index contributed by atoms with van der Waals surface area (Å²) >= 11 is 0. The second kappa shape index (κ2) is 4.60. The fourth-order valence-corrected chi connectivity index (χ4v) is 1.09. The molecule has 1 aromatic heterocycles. The van der Waals surface area contributed by atoms with Gasteiger partial charge in [0.05, 0.1) is 6.42 Å². The summed E-state index contributed by atoms with van der Waals surface area (Å²) in [5, 5.41) is 0. The molecule has 0 fully saturated rings. The van der Waals surface area contributed by atoms with E-state index in [4.69, 9.17) is 4.42 Å². The van der Waals surface area contributed by atoms with Crippen LogP contribution in [0.4, 0.5) is 0 Å². The Morgan fingerprint density at radius 3 is 2.85 bits per heavy atom. The Balaban J connectivity index is 2.64. The molecule has 1 rings (SSSR count). The SMILES string of the molecule is CCCC(=O)Cc1cccc(=O)o1. The van der Waals surface area contributed by atoms with Crippen LogP contribution in [0.3, 0.4) is 0 Å². The van der Waals surface area contributed by atoms with Crippen LogP contribution in [-0.2, 0) is 11.2 Å². The van der Waals surface area contributed by atoms with E-state index in [0.29, 0.717) is 12.2 Å². The van der Waals surface area contributed by atoms with Gasteiger partial charge in [-0.3, -0.25) is 4.79 Å². The Bertz CT molecular complexity index is 338. The number of hydrogen-bond acceptors (Lipinski definition) is 3. The Hall–Kier alpha value is -1.38. The van der Waals surface area contributed by atoms with E-state index in [2.05, 4.69) is 0 Å². The van der Waals surface area contributed by atoms with Gasteiger partial charge in [-0.1, -0.05) is 13.0 Å². The molecule has 1 heterocycles. The number of carbonyl (C=O) groups excluding carboxylic acids is 1. The summed E-state index contributed by atoms with van der Waals surface area (Å²) in [6, 6.07) is 4.57. The third-order valence-corrected chi connectivity index (χ3v) is 1.65. The summed E-state index contributed by atoms with van der Waals surface area (Å²) in [6.07, 6.45) is 1.60. The largest absolute Gasteiger partial charge is 0.427 e. The normalized spacial score (nSPS) is 9.92. The minimum Gasteiger partial charge on any atom is -0.427 e. The molecule has 0 unspecified atom stereocenters. The number of ketones is 1. The second-order valence-electron chi connectivity index (χ2n) is 2.88. The van der Waals surface area contributed by atoms with Gasteiger partial charge in [-0.25, -0.2) is 4.79 Å². The van der Waals surface area contributed by atoms with Crippen molar-refractivity contribution >= 4 is 5.78 Å². The van der Waals surface area contributed by atoms with Crippen molar-refractivity contribution in [3.8, 4) is 0 Å². The van der Waals surface area contributed by atoms with E-state index in [0.717, 1.165) is 6.42 Å². The van der Waals surface area contributed by atoms with Gasteiger partial charge in [0, 0.05) is 12.5 Å². The van der Waals surface area contributed by atoms with Crippen LogP contribution in [0.5, 0.6) is 0 Å². The molecule has 13 heavy (non-hydrogen) atoms. The molecule has 0 saturated heterocycles. The van der Waals surface area contributed by atoms with E-state index >= 15 is 0 Å². The number of carbonyl (C=O) groups is 1. The lowest BCUT2D eigenvalue weighted by atomic mass is 10.1. The third kappa shape index (κ3) is 3.23. The highest BCUT2D eigenvalue weighted by atomic mass is 16.4. The minimum atomic E-state index is -0.401. The highest BCUT2D eigenvalue weighted by Crippen LogP contribution is 2.00. The molecule has 3 nitrogen and oxygen atoms in total. The fourth-order valence-electron chi connectivity index (χ4n) is 1.09. The maximum absolute atomic E-state index is 11.2. The zero-order valence-electron chi connectivity index (χ0n) is 7.58. The van der Waals surface area contributed by atoms with Gasteiger partial charge in [-0.2, -0.15) is 0 Å². The first kappa shape index (κ1) is 9.71. The van der Waals surface area contributed by atoms with Crippen molar-refractivity contribution in [3.63, 3.8) is 0 Å². The summed E-state index contributed by atoms with van der Waals surface area (Å²) in [5.74, 6) is 0.558. The lowest BCUT2D eigenvalue weighted by molar-refractivity contribution is -0.118. The van der Waals surface area contributed by atoms with Crippen LogP contribution >= 0.6 is 0 Å². The predicted octanol–water partition coefficient (Wildman–Crippen LogP) is 1.55. The lowest BCUT2D eigenvalue weighted by Gasteiger charge is -1.96. The van der Waals surface area contributed by atoms with E-state index in [1.165, 1.54) is 6.07 Å². The molecule has 0 aliphatic heterocycles. The molecule has 0 N–H and O–H groups in total. The Morgan fingerprint density at radius 2 is 2.23 bits per heavy atom. The molecule has 0 aliphatic carbocycles. The maximum atomic E-state index is 11.2. The topological polar surface area (TPSA) is 47.3 Å². The van der Waals surface area contributed by atoms with Gasteiger partial charge < -0.3 is 4.42 Å². The zero-order chi connectivity index (χ0) is 9.68. The molecule has 0 saturated carbocycles. The van der Waals surface area contributed by atoms with E-state index in [-0.39, 0.29) is 12.2 Å². The van der Waals surface area contributed by atoms with Crippen molar-refractivity contribution in [2.75, 3.05) is 0 Å². The predicted molar refractivity (Wildman–Crippen MR) is 48.6 cm³/mol. The molecular weight excluding hydrogens is 168 g/mol. The number of Topliss-reactive ketones (excluding diaryl/α,β-unsaturated/α-hetero) is 1. The van der Waals surface area contributed by atoms with E-state index in [1.807, 2.05) is 6.92 Å². The van der Waals surface area contributed by atoms with Crippen molar-refractivity contribution in [1.82, 2.24) is 0 Å². The quantitative estimate of drug-likeness (QED) is 0.706. The van der Waals surface area contributed by atoms with Gasteiger partial charge in [-0.15, -0.1) is 0 Å². The van der Waals surface area contributed by atoms with Gasteiger partial charge in [0.1, 0.15) is 11.5 Å². The highest BCUT2D eigenvalue weighted by molar-refractivity contribution is 5.80. The molecule has 3 heteroatoms. The molecule has 1 aromatic rings. The summed E-state index contributed by atoms with van der Waals surface area (Å²) in [4.78, 5) is 21.9. The maximum Gasteiger partial charge on any atom is 0.335 e. The molecule has 0 radical (unpaired) electrons. The zero-order valence-corrected chi connectivity index (χ0v) is 7.58. The Labute approximate surface area is 76.4 Å². The van der Waals surface area contributed by atoms with Crippen LogP contribution in [0.2, 0.25) is 0 Å². The first-order valence-corrected chi connectivity index (χ1v) is 4.33. The number of hydrogen-bond donors (Lipinski definition) is 0. The van der Waals surface area contributed by atoms with Crippen molar-refractivity contribution < 1.29 is 9.21 Å². The molecule has 0 amide bonds. The van der Waals surface area contributed by atoms with E-state index in [1.54, 1.807) is 12.1 Å². The van der Waals surface area contributed by atoms with Gasteiger partial charge in [0.2, 0.25) is 0 Å². The Morgan fingerprint density at radius 1 is 1.46 bits per heavy atom. The van der Waals surface area contributed by atoms with E-state index < -0.39 is 5.63 Å². The molecular formula is C10H12O3. The van der Waals surface area contributed by atoms with Crippen LogP contribution in [0.25, 0.3) is 0 Å². The van der Waals surface area contributed by atoms with Crippen molar-refractivity contribution in [1.29, 1.82) is 0 Å². The summed E-state index contributed by atoms with van der Waals surface area (Å²) in [6.45, 7) is 1.94. The van der Waals surface area contributed by atoms with Gasteiger partial charge in [0.25, 0.3) is 0 Å². The average Bonchev–Trinajstić information content (AvgIpc) is 2.04. The summed E-state index contributed by atoms with van der Waals surface area (Å²) < 4.78 is 4.82. The number of rotatable bonds is 4. The smallest absolute Gasteiger partial charge is 0.335 e. The van der Waals surface area contributed by atoms with Crippen molar-refractivity contribution in [2.24, 2.45) is 0 Å².